The van der Waals surface area contributed by atoms with Crippen LogP contribution in [0, 0.1) is 39.9 Å². The van der Waals surface area contributed by atoms with E-state index in [0.29, 0.717) is 0 Å². The molecule has 16 heteroatoms. The first-order valence-corrected chi connectivity index (χ1v) is 11.6. The Bertz CT molecular complexity index is 741. The first-order chi connectivity index (χ1) is 16.9. The second-order valence-corrected chi connectivity index (χ2v) is 8.87. The Morgan fingerprint density at radius 2 is 1.05 bits per heavy atom. The Kier molecular flexibility index (Phi) is 17.9. The number of hydrogen-bond donors (Lipinski definition) is 5. The Labute approximate surface area is 248 Å². The van der Waals surface area contributed by atoms with Gasteiger partial charge in [-0.3, -0.25) is 49.0 Å². The molecule has 0 radical (unpaired) electrons. The maximum atomic E-state index is 12.1. The molecule has 1 aliphatic rings. The van der Waals surface area contributed by atoms with Crippen LogP contribution >= 0.6 is 0 Å². The van der Waals surface area contributed by atoms with Crippen molar-refractivity contribution in [3.05, 3.63) is 0 Å². The molecule has 0 saturated carbocycles. The number of amides is 1. The van der Waals surface area contributed by atoms with Gasteiger partial charge in [0.05, 0.1) is 19.6 Å². The summed E-state index contributed by atoms with van der Waals surface area (Å²) in [6.07, 6.45) is -0.0350. The maximum absolute atomic E-state index is 12.1. The van der Waals surface area contributed by atoms with Crippen molar-refractivity contribution < 1.29 is 84.3 Å². The molecule has 1 amide bonds. The van der Waals surface area contributed by atoms with Gasteiger partial charge >= 0.3 is 23.9 Å². The van der Waals surface area contributed by atoms with E-state index in [-0.39, 0.29) is 131 Å². The molecule has 0 aromatic heterocycles. The molecule has 1 fully saturated rings. The van der Waals surface area contributed by atoms with Gasteiger partial charge in [-0.2, -0.15) is 0 Å². The minimum absolute atomic E-state index is 0. The largest absolute Gasteiger partial charge is 0.480 e. The third-order valence-electron chi connectivity index (χ3n) is 5.67. The molecule has 0 bridgehead atoms. The Balaban J connectivity index is 0.0000130. The molecule has 0 aromatic rings. The van der Waals surface area contributed by atoms with Crippen LogP contribution in [0.25, 0.3) is 0 Å². The predicted octanol–water partition coefficient (Wildman–Crippen LogP) is -2.71. The fourth-order valence-electron chi connectivity index (χ4n) is 3.95. The van der Waals surface area contributed by atoms with Crippen LogP contribution in [0.5, 0.6) is 0 Å². The number of hydrazine groups is 1. The number of rotatable bonds is 12. The molecular weight excluding hydrogens is 638 g/mol. The fourth-order valence-corrected chi connectivity index (χ4v) is 3.95. The molecule has 0 spiro atoms. The van der Waals surface area contributed by atoms with E-state index in [0.717, 1.165) is 0 Å². The third-order valence-corrected chi connectivity index (χ3v) is 5.67. The van der Waals surface area contributed by atoms with E-state index in [9.17, 15) is 44.4 Å². The minimum atomic E-state index is -1.14. The van der Waals surface area contributed by atoms with Crippen molar-refractivity contribution in [2.45, 2.75) is 18.9 Å². The van der Waals surface area contributed by atoms with Crippen LogP contribution in [0.4, 0.5) is 0 Å². The Hall–Kier alpha value is -1.53. The van der Waals surface area contributed by atoms with E-state index in [2.05, 4.69) is 5.43 Å². The second kappa shape index (κ2) is 18.7. The van der Waals surface area contributed by atoms with Crippen LogP contribution in [-0.4, -0.2) is 167 Å². The molecule has 15 nitrogen and oxygen atoms in total. The van der Waals surface area contributed by atoms with Crippen LogP contribution in [-0.2, 0) is 24.0 Å². The van der Waals surface area contributed by atoms with E-state index in [4.69, 9.17) is 0 Å². The summed E-state index contributed by atoms with van der Waals surface area (Å²) in [6.45, 7) is 0.792. The van der Waals surface area contributed by atoms with Crippen LogP contribution in [0.2, 0.25) is 0 Å². The third kappa shape index (κ3) is 16.1. The molecule has 214 valence electrons. The van der Waals surface area contributed by atoms with E-state index in [1.165, 1.54) is 5.01 Å². The predicted molar refractivity (Wildman–Crippen MR) is 126 cm³/mol. The molecule has 0 aliphatic carbocycles. The van der Waals surface area contributed by atoms with Gasteiger partial charge in [-0.25, -0.2) is 5.01 Å². The van der Waals surface area contributed by atoms with Gasteiger partial charge in [0.2, 0.25) is 5.91 Å². The zero-order valence-electron chi connectivity index (χ0n) is 21.2. The summed E-state index contributed by atoms with van der Waals surface area (Å²) in [5, 5.41) is 39.1. The van der Waals surface area contributed by atoms with Gasteiger partial charge in [0.25, 0.3) is 0 Å². The Morgan fingerprint density at radius 1 is 0.703 bits per heavy atom. The normalized spacial score (nSPS) is 18.1. The van der Waals surface area contributed by atoms with Crippen LogP contribution in [0.1, 0.15) is 12.8 Å². The van der Waals surface area contributed by atoms with Gasteiger partial charge in [-0.05, 0) is 6.42 Å². The van der Waals surface area contributed by atoms with Crippen LogP contribution in [0.3, 0.4) is 0 Å². The number of nitrogens with zero attached hydrogens (tertiary/aromatic N) is 5. The van der Waals surface area contributed by atoms with Gasteiger partial charge in [-0.1, -0.05) is 0 Å². The molecule has 1 aliphatic heterocycles. The molecule has 1 heterocycles. The quantitative estimate of drug-likeness (QED) is 0.134. The van der Waals surface area contributed by atoms with Gasteiger partial charge in [0, 0.05) is 113 Å². The number of nitrogens with one attached hydrogen (secondary N) is 1. The first kappa shape index (κ1) is 35.5. The van der Waals surface area contributed by atoms with Crippen molar-refractivity contribution >= 4 is 29.8 Å². The van der Waals surface area contributed by atoms with E-state index < -0.39 is 29.9 Å². The smallest absolute Gasteiger partial charge is 0.320 e. The Morgan fingerprint density at radius 3 is 1.35 bits per heavy atom. The molecule has 1 saturated heterocycles. The molecule has 1 atom stereocenters. The summed E-state index contributed by atoms with van der Waals surface area (Å²) in [5.41, 5.74) is 2.56. The zero-order chi connectivity index (χ0) is 27.3. The first-order valence-electron chi connectivity index (χ1n) is 11.6. The number of carbonyl (C=O) groups excluding carboxylic acids is 1. The van der Waals surface area contributed by atoms with Crippen molar-refractivity contribution in [1.82, 2.24) is 30.0 Å². The minimum Gasteiger partial charge on any atom is -0.480 e. The van der Waals surface area contributed by atoms with Gasteiger partial charge < -0.3 is 20.4 Å². The summed E-state index contributed by atoms with van der Waals surface area (Å²) >= 11 is 0. The van der Waals surface area contributed by atoms with Crippen molar-refractivity contribution in [2.75, 3.05) is 86.1 Å². The fraction of sp³-hybridized carbons (Fsp3) is 0.762. The molecule has 1 rings (SSSR count). The van der Waals surface area contributed by atoms with Gasteiger partial charge in [0.15, 0.2) is 0 Å². The molecule has 1 unspecified atom stereocenters. The number of carboxylic acid groups (broad SMARTS) is 4. The second-order valence-electron chi connectivity index (χ2n) is 8.87. The average Bonchev–Trinajstić information content (AvgIpc) is 2.73. The van der Waals surface area contributed by atoms with Crippen molar-refractivity contribution in [2.24, 2.45) is 0 Å². The van der Waals surface area contributed by atoms with E-state index in [1.54, 1.807) is 33.7 Å². The number of carbonyl (C=O) groups is 5. The van der Waals surface area contributed by atoms with Crippen molar-refractivity contribution in [3.8, 4) is 0 Å². The van der Waals surface area contributed by atoms with Crippen molar-refractivity contribution in [1.29, 1.82) is 0 Å². The average molecular weight is 676 g/mol. The van der Waals surface area contributed by atoms with Gasteiger partial charge in [0.1, 0.15) is 6.04 Å². The molecular formula is C21H38GdN6O9. The van der Waals surface area contributed by atoms with Crippen LogP contribution < -0.4 is 5.43 Å². The number of carboxylic acids is 4. The van der Waals surface area contributed by atoms with Crippen molar-refractivity contribution in [3.63, 3.8) is 0 Å². The van der Waals surface area contributed by atoms with Gasteiger partial charge in [-0.15, -0.1) is 0 Å². The molecule has 37 heavy (non-hydrogen) atoms. The number of aliphatic carboxylic acids is 4. The maximum Gasteiger partial charge on any atom is 0.320 e. The number of hydrogen-bond acceptors (Lipinski definition) is 10. The SMILES string of the molecule is CN(C)NC(=O)CCC(C(=O)O)N1CCN(CC(=O)O)CCN(CC(=O)O)CCN(CC(=O)O)CC1.[Gd]. The molecule has 5 N–H and O–H groups in total. The topological polar surface area (TPSA) is 194 Å². The summed E-state index contributed by atoms with van der Waals surface area (Å²) < 4.78 is 0. The monoisotopic (exact) mass is 676 g/mol. The molecule has 0 aromatic carbocycles. The standard InChI is InChI=1S/C21H38N6O9.Gd/c1-23(2)22-17(28)4-3-16(21(35)36)27-11-9-25(14-19(31)32)7-5-24(13-18(29)30)6-8-26(10-12-27)15-20(33)34;/h16H,3-15H2,1-2H3,(H,22,28)(H,29,30)(H,31,32)(H,33,34)(H,35,36);. The summed E-state index contributed by atoms with van der Waals surface area (Å²) in [4.78, 5) is 64.6. The van der Waals surface area contributed by atoms with E-state index in [1.807, 2.05) is 0 Å². The van der Waals surface area contributed by atoms with Crippen LogP contribution in [0.15, 0.2) is 0 Å². The zero-order valence-corrected chi connectivity index (χ0v) is 23.5. The summed E-state index contributed by atoms with van der Waals surface area (Å²) in [6, 6.07) is -1.04. The summed E-state index contributed by atoms with van der Waals surface area (Å²) in [7, 11) is 3.27. The summed E-state index contributed by atoms with van der Waals surface area (Å²) in [5.74, 6) is -4.67. The van der Waals surface area contributed by atoms with E-state index >= 15 is 0 Å².